The normalized spacial score (nSPS) is 21.2. The number of rotatable bonds is 3. The average molecular weight is 312 g/mol. The molecule has 0 saturated heterocycles. The maximum Gasteiger partial charge on any atom is 0.328 e. The Bertz CT molecular complexity index is 845. The van der Waals surface area contributed by atoms with Crippen LogP contribution >= 0.6 is 0 Å². The molecule has 0 radical (unpaired) electrons. The summed E-state index contributed by atoms with van der Waals surface area (Å²) in [7, 11) is 1.76. The Labute approximate surface area is 134 Å². The number of aromatic nitrogens is 2. The minimum atomic E-state index is -0.704. The first-order valence-electron chi connectivity index (χ1n) is 7.90. The smallest absolute Gasteiger partial charge is 0.328 e. The molecule has 1 aromatic carbocycles. The molecule has 23 heavy (non-hydrogen) atoms. The molecule has 5 heteroatoms. The van der Waals surface area contributed by atoms with Crippen LogP contribution in [0, 0.1) is 24.2 Å². The summed E-state index contributed by atoms with van der Waals surface area (Å²) in [5.41, 5.74) is 2.43. The van der Waals surface area contributed by atoms with Gasteiger partial charge in [0.05, 0.1) is 17.0 Å². The van der Waals surface area contributed by atoms with Crippen LogP contribution in [0.4, 0.5) is 0 Å². The summed E-state index contributed by atoms with van der Waals surface area (Å²) < 4.78 is 3.42. The van der Waals surface area contributed by atoms with Gasteiger partial charge in [0.2, 0.25) is 0 Å². The van der Waals surface area contributed by atoms with Crippen LogP contribution in [0.15, 0.2) is 23.0 Å². The maximum atomic E-state index is 12.5. The number of carboxylic acid groups (broad SMARTS) is 1. The van der Waals surface area contributed by atoms with Crippen LogP contribution in [-0.4, -0.2) is 20.2 Å². The Morgan fingerprint density at radius 1 is 1.30 bits per heavy atom. The number of terminal acetylenes is 1. The first-order valence-corrected chi connectivity index (χ1v) is 7.90. The van der Waals surface area contributed by atoms with Gasteiger partial charge in [-0.3, -0.25) is 13.9 Å². The minimum absolute atomic E-state index is 0.0467. The Balaban J connectivity index is 1.89. The van der Waals surface area contributed by atoms with Gasteiger partial charge in [-0.15, -0.1) is 6.42 Å². The molecular formula is C18H20N2O3. The number of carboxylic acids is 1. The summed E-state index contributed by atoms with van der Waals surface area (Å²) in [6.45, 7) is 0.622. The van der Waals surface area contributed by atoms with Crippen LogP contribution in [-0.2, 0) is 18.4 Å². The largest absolute Gasteiger partial charge is 0.481 e. The summed E-state index contributed by atoms with van der Waals surface area (Å²) in [5.74, 6) is 2.01. The fraction of sp³-hybridized carbons (Fsp3) is 0.444. The maximum absolute atomic E-state index is 12.5. The van der Waals surface area contributed by atoms with Gasteiger partial charge in [0.25, 0.3) is 0 Å². The first-order chi connectivity index (χ1) is 11.0. The highest BCUT2D eigenvalue weighted by molar-refractivity contribution is 5.78. The van der Waals surface area contributed by atoms with Gasteiger partial charge in [0, 0.05) is 19.2 Å². The van der Waals surface area contributed by atoms with Crippen molar-refractivity contribution in [3.05, 3.63) is 34.2 Å². The van der Waals surface area contributed by atoms with E-state index in [9.17, 15) is 9.59 Å². The zero-order chi connectivity index (χ0) is 16.6. The highest BCUT2D eigenvalue weighted by Gasteiger charge is 2.27. The van der Waals surface area contributed by atoms with Gasteiger partial charge in [-0.05, 0) is 49.8 Å². The van der Waals surface area contributed by atoms with E-state index >= 15 is 0 Å². The number of aliphatic carboxylic acids is 1. The van der Waals surface area contributed by atoms with Crippen LogP contribution in [0.5, 0.6) is 0 Å². The molecule has 0 spiro atoms. The third kappa shape index (κ3) is 2.77. The molecule has 0 bridgehead atoms. The number of fused-ring (bicyclic) bond motifs is 1. The lowest BCUT2D eigenvalue weighted by Gasteiger charge is -2.26. The van der Waals surface area contributed by atoms with Gasteiger partial charge in [-0.2, -0.15) is 0 Å². The Kier molecular flexibility index (Phi) is 3.99. The zero-order valence-electron chi connectivity index (χ0n) is 13.2. The lowest BCUT2D eigenvalue weighted by Crippen LogP contribution is -2.28. The molecule has 0 amide bonds. The van der Waals surface area contributed by atoms with Gasteiger partial charge in [-0.25, -0.2) is 4.79 Å². The van der Waals surface area contributed by atoms with Crippen molar-refractivity contribution >= 4 is 17.0 Å². The van der Waals surface area contributed by atoms with E-state index in [0.29, 0.717) is 25.3 Å². The molecule has 1 heterocycles. The fourth-order valence-electron chi connectivity index (χ4n) is 3.53. The summed E-state index contributed by atoms with van der Waals surface area (Å²) in [6.07, 6.45) is 8.53. The van der Waals surface area contributed by atoms with E-state index in [-0.39, 0.29) is 11.6 Å². The lowest BCUT2D eigenvalue weighted by molar-refractivity contribution is -0.143. The van der Waals surface area contributed by atoms with Crippen molar-refractivity contribution in [3.63, 3.8) is 0 Å². The molecule has 5 nitrogen and oxygen atoms in total. The predicted molar refractivity (Wildman–Crippen MR) is 88.2 cm³/mol. The number of carbonyl (C=O) groups is 1. The molecule has 1 aliphatic rings. The summed E-state index contributed by atoms with van der Waals surface area (Å²) >= 11 is 0. The third-order valence-corrected chi connectivity index (χ3v) is 4.95. The van der Waals surface area contributed by atoms with E-state index < -0.39 is 5.97 Å². The minimum Gasteiger partial charge on any atom is -0.481 e. The van der Waals surface area contributed by atoms with Crippen molar-refractivity contribution in [3.8, 4) is 12.3 Å². The van der Waals surface area contributed by atoms with E-state index in [1.165, 1.54) is 0 Å². The zero-order valence-corrected chi connectivity index (χ0v) is 13.2. The van der Waals surface area contributed by atoms with Crippen molar-refractivity contribution < 1.29 is 9.90 Å². The Morgan fingerprint density at radius 3 is 2.61 bits per heavy atom. The molecular weight excluding hydrogens is 292 g/mol. The van der Waals surface area contributed by atoms with Crippen LogP contribution in [0.2, 0.25) is 0 Å². The van der Waals surface area contributed by atoms with Crippen LogP contribution in [0.25, 0.3) is 11.0 Å². The van der Waals surface area contributed by atoms with Crippen molar-refractivity contribution in [2.45, 2.75) is 32.2 Å². The van der Waals surface area contributed by atoms with Gasteiger partial charge in [0.15, 0.2) is 0 Å². The second-order valence-electron chi connectivity index (χ2n) is 6.36. The number of hydrogen-bond donors (Lipinski definition) is 1. The van der Waals surface area contributed by atoms with Crippen LogP contribution in [0.3, 0.4) is 0 Å². The molecule has 120 valence electrons. The third-order valence-electron chi connectivity index (χ3n) is 4.95. The SMILES string of the molecule is C#Cc1ccc2c(c1)n(CC1CCC(C(=O)O)CC1)c(=O)n2C. The molecule has 1 aliphatic carbocycles. The fourth-order valence-corrected chi connectivity index (χ4v) is 3.53. The standard InChI is InChI=1S/C18H20N2O3/c1-3-12-6-9-15-16(10-12)20(18(23)19(15)2)11-13-4-7-14(8-5-13)17(21)22/h1,6,9-10,13-14H,4-5,7-8,11H2,2H3,(H,21,22). The van der Waals surface area contributed by atoms with Gasteiger partial charge in [-0.1, -0.05) is 5.92 Å². The number of aryl methyl sites for hydroxylation is 1. The van der Waals surface area contributed by atoms with Crippen molar-refractivity contribution in [2.75, 3.05) is 0 Å². The Morgan fingerprint density at radius 2 is 2.00 bits per heavy atom. The van der Waals surface area contributed by atoms with Crippen LogP contribution < -0.4 is 5.69 Å². The van der Waals surface area contributed by atoms with Gasteiger partial charge in [0.1, 0.15) is 0 Å². The summed E-state index contributed by atoms with van der Waals surface area (Å²) in [4.78, 5) is 23.6. The molecule has 1 saturated carbocycles. The molecule has 0 unspecified atom stereocenters. The molecule has 0 aliphatic heterocycles. The Hall–Kier alpha value is -2.48. The topological polar surface area (TPSA) is 64.2 Å². The lowest BCUT2D eigenvalue weighted by atomic mass is 9.82. The molecule has 0 atom stereocenters. The molecule has 3 rings (SSSR count). The number of imidazole rings is 1. The number of benzene rings is 1. The average Bonchev–Trinajstić information content (AvgIpc) is 2.80. The number of hydrogen-bond acceptors (Lipinski definition) is 2. The molecule has 1 fully saturated rings. The highest BCUT2D eigenvalue weighted by Crippen LogP contribution is 2.30. The molecule has 2 aromatic rings. The van der Waals surface area contributed by atoms with E-state index in [1.54, 1.807) is 16.2 Å². The summed E-state index contributed by atoms with van der Waals surface area (Å²) in [5, 5.41) is 9.08. The first kappa shape index (κ1) is 15.4. The molecule has 1 aromatic heterocycles. The van der Waals surface area contributed by atoms with Crippen molar-refractivity contribution in [1.82, 2.24) is 9.13 Å². The van der Waals surface area contributed by atoms with E-state index in [1.807, 2.05) is 18.2 Å². The van der Waals surface area contributed by atoms with E-state index in [0.717, 1.165) is 29.4 Å². The number of nitrogens with zero attached hydrogens (tertiary/aromatic N) is 2. The quantitative estimate of drug-likeness (QED) is 0.884. The van der Waals surface area contributed by atoms with Crippen molar-refractivity contribution in [1.29, 1.82) is 0 Å². The van der Waals surface area contributed by atoms with Crippen LogP contribution in [0.1, 0.15) is 31.2 Å². The summed E-state index contributed by atoms with van der Waals surface area (Å²) in [6, 6.07) is 5.59. The van der Waals surface area contributed by atoms with E-state index in [2.05, 4.69) is 5.92 Å². The monoisotopic (exact) mass is 312 g/mol. The van der Waals surface area contributed by atoms with Crippen molar-refractivity contribution in [2.24, 2.45) is 18.9 Å². The second-order valence-corrected chi connectivity index (χ2v) is 6.36. The highest BCUT2D eigenvalue weighted by atomic mass is 16.4. The molecule has 1 N–H and O–H groups in total. The van der Waals surface area contributed by atoms with E-state index in [4.69, 9.17) is 11.5 Å². The van der Waals surface area contributed by atoms with Gasteiger partial charge >= 0.3 is 11.7 Å². The predicted octanol–water partition coefficient (Wildman–Crippen LogP) is 2.21. The second kappa shape index (κ2) is 5.96. The van der Waals surface area contributed by atoms with Gasteiger partial charge < -0.3 is 5.11 Å².